The molecule has 1 aromatic carbocycles. The van der Waals surface area contributed by atoms with E-state index in [9.17, 15) is 4.79 Å². The summed E-state index contributed by atoms with van der Waals surface area (Å²) in [5.74, 6) is 0.946. The van der Waals surface area contributed by atoms with Gasteiger partial charge >= 0.3 is 0 Å². The molecule has 1 aliphatic heterocycles. The van der Waals surface area contributed by atoms with Gasteiger partial charge in [0, 0.05) is 17.9 Å². The van der Waals surface area contributed by atoms with Gasteiger partial charge in [-0.05, 0) is 31.2 Å². The Hall–Kier alpha value is -0.830. The Kier molecular flexibility index (Phi) is 5.03. The summed E-state index contributed by atoms with van der Waals surface area (Å²) in [5.41, 5.74) is 1.11. The molecule has 1 saturated heterocycles. The van der Waals surface area contributed by atoms with Crippen molar-refractivity contribution in [2.75, 3.05) is 13.1 Å². The van der Waals surface area contributed by atoms with E-state index in [4.69, 9.17) is 0 Å². The van der Waals surface area contributed by atoms with E-state index >= 15 is 0 Å². The van der Waals surface area contributed by atoms with Crippen LogP contribution in [0, 0.1) is 5.92 Å². The van der Waals surface area contributed by atoms with Crippen molar-refractivity contribution in [3.8, 4) is 0 Å². The van der Waals surface area contributed by atoms with Gasteiger partial charge in [0.2, 0.25) is 5.91 Å². The van der Waals surface area contributed by atoms with E-state index in [0.717, 1.165) is 31.5 Å². The van der Waals surface area contributed by atoms with Gasteiger partial charge in [0.15, 0.2) is 0 Å². The molecule has 0 bridgehead atoms. The highest BCUT2D eigenvalue weighted by Crippen LogP contribution is 2.27. The average molecular weight is 324 g/mol. The van der Waals surface area contributed by atoms with Crippen LogP contribution >= 0.6 is 15.9 Å². The minimum absolute atomic E-state index is 0.0286. The minimum Gasteiger partial charge on any atom is -0.342 e. The number of likely N-dealkylation sites (tertiary alicyclic amines) is 1. The van der Waals surface area contributed by atoms with Crippen LogP contribution in [0.1, 0.15) is 38.2 Å². The normalized spacial score (nSPS) is 20.1. The third-order valence-corrected chi connectivity index (χ3v) is 4.92. The number of nitrogens with zero attached hydrogens (tertiary/aromatic N) is 1. The van der Waals surface area contributed by atoms with E-state index < -0.39 is 0 Å². The van der Waals surface area contributed by atoms with Crippen LogP contribution in [0.15, 0.2) is 30.3 Å². The first-order valence-electron chi connectivity index (χ1n) is 7.07. The van der Waals surface area contributed by atoms with Crippen molar-refractivity contribution in [2.45, 2.75) is 37.4 Å². The van der Waals surface area contributed by atoms with Crippen molar-refractivity contribution in [3.63, 3.8) is 0 Å². The van der Waals surface area contributed by atoms with Crippen molar-refractivity contribution in [3.05, 3.63) is 35.9 Å². The van der Waals surface area contributed by atoms with Crippen LogP contribution in [0.5, 0.6) is 0 Å². The van der Waals surface area contributed by atoms with Crippen molar-refractivity contribution in [1.82, 2.24) is 4.90 Å². The van der Waals surface area contributed by atoms with Crippen LogP contribution in [0.25, 0.3) is 0 Å². The Bertz CT molecular complexity index is 410. The monoisotopic (exact) mass is 323 g/mol. The zero-order chi connectivity index (χ0) is 13.8. The van der Waals surface area contributed by atoms with Gasteiger partial charge in [0.1, 0.15) is 0 Å². The molecule has 0 saturated carbocycles. The van der Waals surface area contributed by atoms with Gasteiger partial charge in [-0.3, -0.25) is 4.79 Å². The molecule has 19 heavy (non-hydrogen) atoms. The number of carbonyl (C=O) groups is 1. The minimum atomic E-state index is -0.0286. The molecule has 2 unspecified atom stereocenters. The Morgan fingerprint density at radius 3 is 2.32 bits per heavy atom. The lowest BCUT2D eigenvalue weighted by molar-refractivity contribution is -0.133. The Labute approximate surface area is 124 Å². The Morgan fingerprint density at radius 1 is 1.21 bits per heavy atom. The summed E-state index contributed by atoms with van der Waals surface area (Å²) in [6, 6.07) is 10.1. The molecule has 3 heteroatoms. The van der Waals surface area contributed by atoms with Crippen LogP contribution in [-0.2, 0) is 4.79 Å². The van der Waals surface area contributed by atoms with E-state index in [2.05, 4.69) is 22.9 Å². The van der Waals surface area contributed by atoms with E-state index in [1.807, 2.05) is 42.2 Å². The van der Waals surface area contributed by atoms with Gasteiger partial charge < -0.3 is 4.90 Å². The number of piperidine rings is 1. The predicted octanol–water partition coefficient (Wildman–Crippen LogP) is 3.81. The number of halogens is 1. The molecule has 0 spiro atoms. The highest BCUT2D eigenvalue weighted by molar-refractivity contribution is 9.09. The second-order valence-corrected chi connectivity index (χ2v) is 6.92. The second kappa shape index (κ2) is 6.56. The molecule has 0 radical (unpaired) electrons. The first-order valence-corrected chi connectivity index (χ1v) is 7.99. The number of amides is 1. The van der Waals surface area contributed by atoms with Gasteiger partial charge in [-0.15, -0.1) is 0 Å². The number of rotatable bonds is 3. The zero-order valence-electron chi connectivity index (χ0n) is 11.7. The molecule has 2 atom stereocenters. The van der Waals surface area contributed by atoms with Gasteiger partial charge in [-0.1, -0.05) is 53.2 Å². The third kappa shape index (κ3) is 3.59. The number of hydrogen-bond acceptors (Lipinski definition) is 1. The van der Waals surface area contributed by atoms with Gasteiger partial charge in [-0.25, -0.2) is 0 Å². The molecule has 0 N–H and O–H groups in total. The summed E-state index contributed by atoms with van der Waals surface area (Å²) >= 11 is 3.66. The smallest absolute Gasteiger partial charge is 0.229 e. The SMILES string of the molecule is CC(C(=O)N1CCC(C(C)Br)CC1)c1ccccc1. The molecular formula is C16H22BrNO. The summed E-state index contributed by atoms with van der Waals surface area (Å²) in [6.45, 7) is 6.01. The predicted molar refractivity (Wildman–Crippen MR) is 82.6 cm³/mol. The lowest BCUT2D eigenvalue weighted by Gasteiger charge is -2.34. The molecule has 0 aromatic heterocycles. The average Bonchev–Trinajstić information content (AvgIpc) is 2.46. The van der Waals surface area contributed by atoms with E-state index in [1.165, 1.54) is 0 Å². The highest BCUT2D eigenvalue weighted by atomic mass is 79.9. The zero-order valence-corrected chi connectivity index (χ0v) is 13.3. The standard InChI is InChI=1S/C16H22BrNO/c1-12(14-6-4-3-5-7-14)16(19)18-10-8-15(9-11-18)13(2)17/h3-7,12-13,15H,8-11H2,1-2H3. The summed E-state index contributed by atoms with van der Waals surface area (Å²) in [7, 11) is 0. The Balaban J connectivity index is 1.94. The first-order chi connectivity index (χ1) is 9.09. The summed E-state index contributed by atoms with van der Waals surface area (Å²) in [4.78, 5) is 15.1. The van der Waals surface area contributed by atoms with Crippen molar-refractivity contribution in [1.29, 1.82) is 0 Å². The maximum Gasteiger partial charge on any atom is 0.229 e. The van der Waals surface area contributed by atoms with Gasteiger partial charge in [0.05, 0.1) is 5.92 Å². The molecule has 1 fully saturated rings. The molecule has 1 amide bonds. The molecule has 1 aromatic rings. The maximum absolute atomic E-state index is 12.5. The number of hydrogen-bond donors (Lipinski definition) is 0. The van der Waals surface area contributed by atoms with Crippen LogP contribution < -0.4 is 0 Å². The molecule has 1 heterocycles. The fourth-order valence-electron chi connectivity index (χ4n) is 2.74. The van der Waals surface area contributed by atoms with Crippen molar-refractivity contribution >= 4 is 21.8 Å². The van der Waals surface area contributed by atoms with Crippen LogP contribution in [0.4, 0.5) is 0 Å². The lowest BCUT2D eigenvalue weighted by Crippen LogP contribution is -2.41. The summed E-state index contributed by atoms with van der Waals surface area (Å²) < 4.78 is 0. The highest BCUT2D eigenvalue weighted by Gasteiger charge is 2.28. The molecule has 1 aliphatic rings. The number of benzene rings is 1. The summed E-state index contributed by atoms with van der Waals surface area (Å²) in [5, 5.41) is 0. The number of alkyl halides is 1. The number of carbonyl (C=O) groups excluding carboxylic acids is 1. The van der Waals surface area contributed by atoms with Gasteiger partial charge in [-0.2, -0.15) is 0 Å². The summed E-state index contributed by atoms with van der Waals surface area (Å²) in [6.07, 6.45) is 2.22. The second-order valence-electron chi connectivity index (χ2n) is 5.47. The van der Waals surface area contributed by atoms with E-state index in [-0.39, 0.29) is 11.8 Å². The van der Waals surface area contributed by atoms with Crippen LogP contribution in [0.3, 0.4) is 0 Å². The van der Waals surface area contributed by atoms with Crippen molar-refractivity contribution in [2.24, 2.45) is 5.92 Å². The largest absolute Gasteiger partial charge is 0.342 e. The Morgan fingerprint density at radius 2 is 1.79 bits per heavy atom. The quantitative estimate of drug-likeness (QED) is 0.774. The molecule has 104 valence electrons. The fourth-order valence-corrected chi connectivity index (χ4v) is 3.27. The topological polar surface area (TPSA) is 20.3 Å². The van der Waals surface area contributed by atoms with Crippen LogP contribution in [-0.4, -0.2) is 28.7 Å². The lowest BCUT2D eigenvalue weighted by atomic mass is 9.92. The van der Waals surface area contributed by atoms with Gasteiger partial charge in [0.25, 0.3) is 0 Å². The maximum atomic E-state index is 12.5. The van der Waals surface area contributed by atoms with Crippen molar-refractivity contribution < 1.29 is 4.79 Å². The van der Waals surface area contributed by atoms with E-state index in [1.54, 1.807) is 0 Å². The third-order valence-electron chi connectivity index (χ3n) is 4.17. The van der Waals surface area contributed by atoms with E-state index in [0.29, 0.717) is 10.7 Å². The molecule has 2 nitrogen and oxygen atoms in total. The van der Waals surface area contributed by atoms with Crippen LogP contribution in [0.2, 0.25) is 0 Å². The molecular weight excluding hydrogens is 302 g/mol. The molecule has 2 rings (SSSR count). The molecule has 0 aliphatic carbocycles. The first kappa shape index (κ1) is 14.6. The fraction of sp³-hybridized carbons (Fsp3) is 0.562.